The van der Waals surface area contributed by atoms with Crippen molar-refractivity contribution in [1.29, 1.82) is 0 Å². The zero-order chi connectivity index (χ0) is 15.1. The van der Waals surface area contributed by atoms with Crippen LogP contribution in [0.2, 0.25) is 0 Å². The molecule has 0 saturated heterocycles. The van der Waals surface area contributed by atoms with E-state index in [0.717, 1.165) is 40.2 Å². The van der Waals surface area contributed by atoms with Gasteiger partial charge < -0.3 is 14.8 Å². The molecule has 0 aliphatic carbocycles. The van der Waals surface area contributed by atoms with Crippen molar-refractivity contribution in [3.63, 3.8) is 0 Å². The average molecular weight is 351 g/mol. The lowest BCUT2D eigenvalue weighted by Crippen LogP contribution is -2.13. The number of halogens is 1. The van der Waals surface area contributed by atoms with Crippen molar-refractivity contribution >= 4 is 15.9 Å². The molecule has 112 valence electrons. The van der Waals surface area contributed by atoms with Crippen LogP contribution in [0.5, 0.6) is 11.5 Å². The summed E-state index contributed by atoms with van der Waals surface area (Å²) in [5.41, 5.74) is 2.28. The summed E-state index contributed by atoms with van der Waals surface area (Å²) in [4.78, 5) is 4.10. The highest BCUT2D eigenvalue weighted by Crippen LogP contribution is 2.33. The molecule has 1 N–H and O–H groups in total. The summed E-state index contributed by atoms with van der Waals surface area (Å²) in [5.74, 6) is 1.50. The van der Waals surface area contributed by atoms with Gasteiger partial charge in [0.25, 0.3) is 0 Å². The number of methoxy groups -OCH3 is 1. The molecule has 0 fully saturated rings. The maximum atomic E-state index is 5.55. The zero-order valence-corrected chi connectivity index (χ0v) is 13.8. The summed E-state index contributed by atoms with van der Waals surface area (Å²) in [6.07, 6.45) is 3.64. The lowest BCUT2D eigenvalue weighted by molar-refractivity contribution is 0.310. The highest BCUT2D eigenvalue weighted by Gasteiger charge is 2.09. The molecule has 1 aromatic heterocycles. The minimum Gasteiger partial charge on any atom is -0.493 e. The van der Waals surface area contributed by atoms with E-state index < -0.39 is 0 Å². The van der Waals surface area contributed by atoms with Crippen molar-refractivity contribution in [3.8, 4) is 11.5 Å². The Morgan fingerprint density at radius 2 is 2.10 bits per heavy atom. The molecule has 5 heteroatoms. The van der Waals surface area contributed by atoms with E-state index in [1.807, 2.05) is 37.4 Å². The van der Waals surface area contributed by atoms with Crippen LogP contribution in [0.1, 0.15) is 18.1 Å². The number of pyridine rings is 1. The summed E-state index contributed by atoms with van der Waals surface area (Å²) >= 11 is 3.58. The summed E-state index contributed by atoms with van der Waals surface area (Å²) in [5, 5.41) is 3.40. The fourth-order valence-electron chi connectivity index (χ4n) is 1.98. The van der Waals surface area contributed by atoms with Gasteiger partial charge in [0.15, 0.2) is 11.5 Å². The van der Waals surface area contributed by atoms with Crippen LogP contribution in [0, 0.1) is 0 Å². The molecule has 4 nitrogen and oxygen atoms in total. The van der Waals surface area contributed by atoms with Crippen LogP contribution in [0.3, 0.4) is 0 Å². The molecule has 0 saturated carbocycles. The summed E-state index contributed by atoms with van der Waals surface area (Å²) < 4.78 is 11.9. The molecule has 0 spiro atoms. The number of nitrogens with one attached hydrogen (secondary N) is 1. The van der Waals surface area contributed by atoms with Gasteiger partial charge in [-0.3, -0.25) is 4.98 Å². The Morgan fingerprint density at radius 1 is 1.24 bits per heavy atom. The van der Waals surface area contributed by atoms with Gasteiger partial charge in [0.05, 0.1) is 13.7 Å². The van der Waals surface area contributed by atoms with Gasteiger partial charge in [0.2, 0.25) is 0 Å². The van der Waals surface area contributed by atoms with Crippen molar-refractivity contribution < 1.29 is 9.47 Å². The van der Waals surface area contributed by atoms with Gasteiger partial charge in [-0.1, -0.05) is 22.0 Å². The molecule has 2 rings (SSSR count). The largest absolute Gasteiger partial charge is 0.493 e. The van der Waals surface area contributed by atoms with E-state index in [1.165, 1.54) is 0 Å². The Labute approximate surface area is 133 Å². The monoisotopic (exact) mass is 350 g/mol. The van der Waals surface area contributed by atoms with Gasteiger partial charge in [-0.2, -0.15) is 0 Å². The molecule has 0 unspecified atom stereocenters. The number of benzene rings is 1. The van der Waals surface area contributed by atoms with E-state index in [4.69, 9.17) is 9.47 Å². The second-order valence-corrected chi connectivity index (χ2v) is 5.35. The Morgan fingerprint density at radius 3 is 2.76 bits per heavy atom. The predicted octanol–water partition coefficient (Wildman–Crippen LogP) is 3.54. The maximum Gasteiger partial charge on any atom is 0.162 e. The van der Waals surface area contributed by atoms with Gasteiger partial charge >= 0.3 is 0 Å². The molecule has 0 atom stereocenters. The topological polar surface area (TPSA) is 43.4 Å². The Kier molecular flexibility index (Phi) is 6.02. The number of hydrogen-bond acceptors (Lipinski definition) is 4. The van der Waals surface area contributed by atoms with Gasteiger partial charge in [0, 0.05) is 30.0 Å². The molecule has 0 bridgehead atoms. The van der Waals surface area contributed by atoms with E-state index in [2.05, 4.69) is 26.2 Å². The van der Waals surface area contributed by atoms with Crippen LogP contribution in [0.25, 0.3) is 0 Å². The molecule has 2 aromatic rings. The van der Waals surface area contributed by atoms with Crippen LogP contribution in [0.15, 0.2) is 41.1 Å². The third-order valence-electron chi connectivity index (χ3n) is 3.00. The smallest absolute Gasteiger partial charge is 0.162 e. The van der Waals surface area contributed by atoms with Crippen molar-refractivity contribution in [1.82, 2.24) is 10.3 Å². The van der Waals surface area contributed by atoms with Crippen molar-refractivity contribution in [2.75, 3.05) is 13.7 Å². The summed E-state index contributed by atoms with van der Waals surface area (Å²) in [6.45, 7) is 4.08. The first kappa shape index (κ1) is 15.8. The van der Waals surface area contributed by atoms with Crippen molar-refractivity contribution in [2.24, 2.45) is 0 Å². The van der Waals surface area contributed by atoms with Gasteiger partial charge in [-0.25, -0.2) is 0 Å². The fourth-order valence-corrected chi connectivity index (χ4v) is 2.45. The molecule has 0 amide bonds. The zero-order valence-electron chi connectivity index (χ0n) is 12.2. The number of ether oxygens (including phenoxy) is 2. The van der Waals surface area contributed by atoms with Gasteiger partial charge in [-0.15, -0.1) is 0 Å². The fraction of sp³-hybridized carbons (Fsp3) is 0.312. The Balaban J connectivity index is 2.02. The minimum absolute atomic E-state index is 0.613. The molecular weight excluding hydrogens is 332 g/mol. The van der Waals surface area contributed by atoms with Crippen LogP contribution >= 0.6 is 15.9 Å². The molecule has 1 aromatic carbocycles. The third-order valence-corrected chi connectivity index (χ3v) is 3.74. The lowest BCUT2D eigenvalue weighted by Gasteiger charge is -2.13. The molecule has 0 aliphatic heterocycles. The lowest BCUT2D eigenvalue weighted by atomic mass is 10.2. The molecular formula is C16H19BrN2O2. The van der Waals surface area contributed by atoms with E-state index in [0.29, 0.717) is 6.61 Å². The van der Waals surface area contributed by atoms with Crippen LogP contribution in [-0.4, -0.2) is 18.7 Å². The molecule has 0 radical (unpaired) electrons. The van der Waals surface area contributed by atoms with E-state index in [1.54, 1.807) is 13.3 Å². The third kappa shape index (κ3) is 4.44. The Hall–Kier alpha value is -1.59. The van der Waals surface area contributed by atoms with Crippen LogP contribution in [0.4, 0.5) is 0 Å². The first-order chi connectivity index (χ1) is 10.2. The number of rotatable bonds is 7. The minimum atomic E-state index is 0.613. The van der Waals surface area contributed by atoms with E-state index in [9.17, 15) is 0 Å². The first-order valence-corrected chi connectivity index (χ1v) is 7.62. The maximum absolute atomic E-state index is 5.55. The highest BCUT2D eigenvalue weighted by atomic mass is 79.9. The Bertz CT molecular complexity index is 576. The van der Waals surface area contributed by atoms with E-state index in [-0.39, 0.29) is 0 Å². The second-order valence-electron chi connectivity index (χ2n) is 4.49. The summed E-state index contributed by atoms with van der Waals surface area (Å²) in [6, 6.07) is 7.93. The van der Waals surface area contributed by atoms with Crippen LogP contribution < -0.4 is 14.8 Å². The summed E-state index contributed by atoms with van der Waals surface area (Å²) in [7, 11) is 1.65. The van der Waals surface area contributed by atoms with Crippen molar-refractivity contribution in [3.05, 3.63) is 52.3 Å². The number of nitrogens with zero attached hydrogens (tertiary/aromatic N) is 1. The first-order valence-electron chi connectivity index (χ1n) is 6.83. The molecule has 0 aliphatic rings. The normalized spacial score (nSPS) is 10.4. The van der Waals surface area contributed by atoms with E-state index >= 15 is 0 Å². The second kappa shape index (κ2) is 8.00. The van der Waals surface area contributed by atoms with Crippen molar-refractivity contribution in [2.45, 2.75) is 20.0 Å². The highest BCUT2D eigenvalue weighted by molar-refractivity contribution is 9.10. The number of hydrogen-bond donors (Lipinski definition) is 1. The predicted molar refractivity (Wildman–Crippen MR) is 86.6 cm³/mol. The molecule has 1 heterocycles. The van der Waals surface area contributed by atoms with Gasteiger partial charge in [0.1, 0.15) is 0 Å². The van der Waals surface area contributed by atoms with Crippen LogP contribution in [-0.2, 0) is 13.1 Å². The van der Waals surface area contributed by atoms with Gasteiger partial charge in [-0.05, 0) is 36.2 Å². The average Bonchev–Trinajstić information content (AvgIpc) is 2.51. The standard InChI is InChI=1S/C16H19BrN2O2/c1-3-21-16-8-14(17)13(7-15(16)20-2)11-19-10-12-5-4-6-18-9-12/h4-9,19H,3,10-11H2,1-2H3. The quantitative estimate of drug-likeness (QED) is 0.829. The number of aromatic nitrogens is 1. The molecule has 21 heavy (non-hydrogen) atoms. The SMILES string of the molecule is CCOc1cc(Br)c(CNCc2cccnc2)cc1OC.